The maximum atomic E-state index is 14.0. The number of rotatable bonds is 3. The third-order valence-electron chi connectivity index (χ3n) is 4.76. The molecule has 0 aliphatic carbocycles. The van der Waals surface area contributed by atoms with Crippen molar-refractivity contribution in [3.8, 4) is 5.75 Å². The molecule has 2 aliphatic rings. The number of thioether (sulfide) groups is 1. The number of piperazine rings is 1. The van der Waals surface area contributed by atoms with E-state index in [0.717, 1.165) is 0 Å². The van der Waals surface area contributed by atoms with Gasteiger partial charge < -0.3 is 14.5 Å². The van der Waals surface area contributed by atoms with Crippen molar-refractivity contribution in [3.63, 3.8) is 0 Å². The van der Waals surface area contributed by atoms with Gasteiger partial charge in [0.15, 0.2) is 5.17 Å². The number of carbonyl (C=O) groups is 1. The molecule has 0 atom stereocenters. The second kappa shape index (κ2) is 8.62. The van der Waals surface area contributed by atoms with Crippen molar-refractivity contribution in [2.24, 2.45) is 4.99 Å². The normalized spacial score (nSPS) is 18.5. The lowest BCUT2D eigenvalue weighted by Crippen LogP contribution is -2.48. The molecule has 10 heteroatoms. The highest BCUT2D eigenvalue weighted by Gasteiger charge is 2.31. The van der Waals surface area contributed by atoms with Crippen molar-refractivity contribution in [2.45, 2.75) is 6.36 Å². The third-order valence-corrected chi connectivity index (χ3v) is 5.81. The topological polar surface area (TPSA) is 45.1 Å². The SMILES string of the molecule is O=C1N=C(N2CCN(c3ccccc3F)CC2)SC1=Cc1ccc(OC(F)(F)F)cc1. The Morgan fingerprint density at radius 1 is 0.968 bits per heavy atom. The van der Waals surface area contributed by atoms with Crippen LogP contribution in [0.25, 0.3) is 6.08 Å². The number of benzene rings is 2. The van der Waals surface area contributed by atoms with Crippen LogP contribution in [0.3, 0.4) is 0 Å². The van der Waals surface area contributed by atoms with Gasteiger partial charge in [0, 0.05) is 26.2 Å². The lowest BCUT2D eigenvalue weighted by Gasteiger charge is -2.36. The monoisotopic (exact) mass is 451 g/mol. The molecule has 0 bridgehead atoms. The van der Waals surface area contributed by atoms with Gasteiger partial charge in [-0.2, -0.15) is 4.99 Å². The Balaban J connectivity index is 1.37. The van der Waals surface area contributed by atoms with Crippen LogP contribution >= 0.6 is 11.8 Å². The van der Waals surface area contributed by atoms with Crippen LogP contribution in [0, 0.1) is 5.82 Å². The van der Waals surface area contributed by atoms with E-state index in [0.29, 0.717) is 47.5 Å². The summed E-state index contributed by atoms with van der Waals surface area (Å²) in [5, 5.41) is 0.571. The quantitative estimate of drug-likeness (QED) is 0.507. The Bertz CT molecular complexity index is 1030. The first kappa shape index (κ1) is 21.2. The van der Waals surface area contributed by atoms with E-state index in [4.69, 9.17) is 0 Å². The smallest absolute Gasteiger partial charge is 0.406 e. The van der Waals surface area contributed by atoms with E-state index in [1.54, 1.807) is 24.3 Å². The summed E-state index contributed by atoms with van der Waals surface area (Å²) in [6.45, 7) is 2.36. The molecular weight excluding hydrogens is 434 g/mol. The zero-order valence-corrected chi connectivity index (χ0v) is 16.9. The summed E-state index contributed by atoms with van der Waals surface area (Å²) < 4.78 is 54.6. The van der Waals surface area contributed by atoms with Gasteiger partial charge in [-0.25, -0.2) is 4.39 Å². The fourth-order valence-electron chi connectivity index (χ4n) is 3.30. The molecule has 2 heterocycles. The lowest BCUT2D eigenvalue weighted by molar-refractivity contribution is -0.274. The van der Waals surface area contributed by atoms with Crippen LogP contribution in [0.5, 0.6) is 5.75 Å². The molecule has 0 radical (unpaired) electrons. The number of aliphatic imine (C=N–C) groups is 1. The van der Waals surface area contributed by atoms with E-state index in [9.17, 15) is 22.4 Å². The Kier molecular flexibility index (Phi) is 5.90. The predicted molar refractivity (Wildman–Crippen MR) is 111 cm³/mol. The standard InChI is InChI=1S/C21H17F4N3O2S/c22-16-3-1-2-4-17(16)27-9-11-28(12-10-27)20-26-19(29)18(31-20)13-14-5-7-15(8-6-14)30-21(23,24)25/h1-8,13H,9-12H2. The average Bonchev–Trinajstić information content (AvgIpc) is 3.09. The highest BCUT2D eigenvalue weighted by Crippen LogP contribution is 2.32. The molecule has 0 saturated carbocycles. The molecule has 5 nitrogen and oxygen atoms in total. The minimum absolute atomic E-state index is 0.268. The Labute approximate surface area is 180 Å². The molecule has 162 valence electrons. The van der Waals surface area contributed by atoms with Crippen molar-refractivity contribution in [1.29, 1.82) is 0 Å². The summed E-state index contributed by atoms with van der Waals surface area (Å²) >= 11 is 1.22. The van der Waals surface area contributed by atoms with Gasteiger partial charge in [0.25, 0.3) is 5.91 Å². The van der Waals surface area contributed by atoms with Gasteiger partial charge in [0.1, 0.15) is 11.6 Å². The molecular formula is C21H17F4N3O2S. The molecule has 4 rings (SSSR count). The highest BCUT2D eigenvalue weighted by molar-refractivity contribution is 8.18. The van der Waals surface area contributed by atoms with Crippen LogP contribution in [0.15, 0.2) is 58.4 Å². The summed E-state index contributed by atoms with van der Waals surface area (Å²) in [6.07, 6.45) is -3.17. The van der Waals surface area contributed by atoms with E-state index < -0.39 is 12.3 Å². The number of hydrogen-bond acceptors (Lipinski definition) is 5. The van der Waals surface area contributed by atoms with E-state index in [1.807, 2.05) is 9.80 Å². The number of alkyl halides is 3. The lowest BCUT2D eigenvalue weighted by atomic mass is 10.2. The van der Waals surface area contributed by atoms with Gasteiger partial charge in [-0.3, -0.25) is 4.79 Å². The van der Waals surface area contributed by atoms with Crippen molar-refractivity contribution in [1.82, 2.24) is 4.90 Å². The van der Waals surface area contributed by atoms with Gasteiger partial charge in [-0.15, -0.1) is 13.2 Å². The number of para-hydroxylation sites is 1. The number of ether oxygens (including phenoxy) is 1. The number of carbonyl (C=O) groups excluding carboxylic acids is 1. The zero-order chi connectivity index (χ0) is 22.0. The second-order valence-corrected chi connectivity index (χ2v) is 7.86. The van der Waals surface area contributed by atoms with E-state index in [2.05, 4.69) is 9.73 Å². The molecule has 0 spiro atoms. The molecule has 2 aliphatic heterocycles. The maximum absolute atomic E-state index is 14.0. The molecule has 2 aromatic rings. The predicted octanol–water partition coefficient (Wildman–Crippen LogP) is 4.52. The Morgan fingerprint density at radius 2 is 1.61 bits per heavy atom. The summed E-state index contributed by atoms with van der Waals surface area (Å²) in [5.74, 6) is -0.993. The van der Waals surface area contributed by atoms with Crippen LogP contribution < -0.4 is 9.64 Å². The average molecular weight is 451 g/mol. The first-order chi connectivity index (χ1) is 14.8. The number of amides is 1. The van der Waals surface area contributed by atoms with Crippen molar-refractivity contribution in [3.05, 3.63) is 64.8 Å². The molecule has 1 saturated heterocycles. The van der Waals surface area contributed by atoms with Gasteiger partial charge >= 0.3 is 6.36 Å². The molecule has 1 fully saturated rings. The molecule has 31 heavy (non-hydrogen) atoms. The van der Waals surface area contributed by atoms with Gasteiger partial charge in [0.05, 0.1) is 10.6 Å². The third kappa shape index (κ3) is 5.19. The first-order valence-corrected chi connectivity index (χ1v) is 10.2. The van der Waals surface area contributed by atoms with Crippen LogP contribution in [0.4, 0.5) is 23.2 Å². The van der Waals surface area contributed by atoms with Gasteiger partial charge in [0.2, 0.25) is 0 Å². The number of hydrogen-bond donors (Lipinski definition) is 0. The number of amidine groups is 1. The summed E-state index contributed by atoms with van der Waals surface area (Å²) in [6, 6.07) is 11.9. The largest absolute Gasteiger partial charge is 0.573 e. The molecule has 0 unspecified atom stereocenters. The van der Waals surface area contributed by atoms with Crippen LogP contribution in [-0.4, -0.2) is 48.5 Å². The summed E-state index contributed by atoms with van der Waals surface area (Å²) in [7, 11) is 0. The molecule has 2 aromatic carbocycles. The van der Waals surface area contributed by atoms with Crippen molar-refractivity contribution in [2.75, 3.05) is 31.1 Å². The fraction of sp³-hybridized carbons (Fsp3) is 0.238. The van der Waals surface area contributed by atoms with Crippen molar-refractivity contribution < 1.29 is 27.1 Å². The number of anilines is 1. The van der Waals surface area contributed by atoms with Gasteiger partial charge in [-0.05, 0) is 47.7 Å². The Morgan fingerprint density at radius 3 is 2.26 bits per heavy atom. The molecule has 0 aromatic heterocycles. The van der Waals surface area contributed by atoms with Crippen LogP contribution in [0.1, 0.15) is 5.56 Å². The summed E-state index contributed by atoms with van der Waals surface area (Å²) in [5.41, 5.74) is 1.11. The minimum atomic E-state index is -4.75. The summed E-state index contributed by atoms with van der Waals surface area (Å²) in [4.78, 5) is 20.7. The van der Waals surface area contributed by atoms with Crippen LogP contribution in [0.2, 0.25) is 0 Å². The maximum Gasteiger partial charge on any atom is 0.573 e. The fourth-order valence-corrected chi connectivity index (χ4v) is 4.26. The van der Waals surface area contributed by atoms with Gasteiger partial charge in [-0.1, -0.05) is 24.3 Å². The molecule has 0 N–H and O–H groups in total. The second-order valence-electron chi connectivity index (χ2n) is 6.85. The minimum Gasteiger partial charge on any atom is -0.406 e. The first-order valence-electron chi connectivity index (χ1n) is 9.41. The van der Waals surface area contributed by atoms with E-state index in [1.165, 1.54) is 42.1 Å². The van der Waals surface area contributed by atoms with Crippen LogP contribution in [-0.2, 0) is 4.79 Å². The Hall–Kier alpha value is -3.01. The van der Waals surface area contributed by atoms with E-state index >= 15 is 0 Å². The number of halogens is 4. The zero-order valence-electron chi connectivity index (χ0n) is 16.1. The number of nitrogens with zero attached hydrogens (tertiary/aromatic N) is 3. The van der Waals surface area contributed by atoms with E-state index in [-0.39, 0.29) is 11.6 Å². The molecule has 1 amide bonds. The van der Waals surface area contributed by atoms with Crippen molar-refractivity contribution >= 4 is 34.6 Å². The highest BCUT2D eigenvalue weighted by atomic mass is 32.2.